The molecule has 0 aliphatic rings. The number of thiazole rings is 1. The zero-order valence-corrected chi connectivity index (χ0v) is 13.9. The minimum Gasteiger partial charge on any atom is -0.374 e. The van der Waals surface area contributed by atoms with Crippen molar-refractivity contribution in [1.82, 2.24) is 4.98 Å². The average molecular weight is 303 g/mol. The Morgan fingerprint density at radius 1 is 1.24 bits per heavy atom. The molecule has 2 aromatic rings. The van der Waals surface area contributed by atoms with E-state index < -0.39 is 0 Å². The van der Waals surface area contributed by atoms with Crippen LogP contribution in [0.4, 0.5) is 10.8 Å². The highest BCUT2D eigenvalue weighted by molar-refractivity contribution is 7.15. The van der Waals surface area contributed by atoms with Gasteiger partial charge in [0, 0.05) is 10.6 Å². The second-order valence-electron chi connectivity index (χ2n) is 5.26. The maximum absolute atomic E-state index is 12.2. The summed E-state index contributed by atoms with van der Waals surface area (Å²) in [4.78, 5) is 17.7. The van der Waals surface area contributed by atoms with Gasteiger partial charge in [0.2, 0.25) is 5.91 Å². The smallest absolute Gasteiger partial charge is 0.248 e. The Labute approximate surface area is 129 Å². The fraction of sp³-hybridized carbons (Fsp3) is 0.375. The first-order chi connectivity index (χ1) is 9.88. The molecule has 0 saturated heterocycles. The van der Waals surface area contributed by atoms with Gasteiger partial charge >= 0.3 is 0 Å². The van der Waals surface area contributed by atoms with Gasteiger partial charge < -0.3 is 10.6 Å². The van der Waals surface area contributed by atoms with E-state index in [1.165, 1.54) is 16.9 Å². The molecular weight excluding hydrogens is 282 g/mol. The maximum Gasteiger partial charge on any atom is 0.248 e. The Hall–Kier alpha value is -1.88. The first-order valence-electron chi connectivity index (χ1n) is 6.96. The lowest BCUT2D eigenvalue weighted by Crippen LogP contribution is -2.32. The molecule has 112 valence electrons. The normalized spacial score (nSPS) is 12.0. The maximum atomic E-state index is 12.2. The van der Waals surface area contributed by atoms with Gasteiger partial charge in [-0.05, 0) is 51.8 Å². The number of nitrogens with zero attached hydrogens (tertiary/aromatic N) is 1. The Morgan fingerprint density at radius 3 is 2.57 bits per heavy atom. The van der Waals surface area contributed by atoms with E-state index >= 15 is 0 Å². The highest BCUT2D eigenvalue weighted by Gasteiger charge is 2.16. The zero-order chi connectivity index (χ0) is 15.6. The number of aryl methyl sites for hydroxylation is 3. The van der Waals surface area contributed by atoms with Crippen LogP contribution in [0.2, 0.25) is 0 Å². The summed E-state index contributed by atoms with van der Waals surface area (Å²) in [5.41, 5.74) is 4.33. The largest absolute Gasteiger partial charge is 0.374 e. The summed E-state index contributed by atoms with van der Waals surface area (Å²) in [5.74, 6) is -0.0790. The number of anilines is 2. The van der Waals surface area contributed by atoms with Crippen molar-refractivity contribution >= 4 is 28.1 Å². The van der Waals surface area contributed by atoms with Crippen molar-refractivity contribution in [2.75, 3.05) is 10.6 Å². The molecule has 0 spiro atoms. The summed E-state index contributed by atoms with van der Waals surface area (Å²) >= 11 is 1.50. The first kappa shape index (κ1) is 15.5. The van der Waals surface area contributed by atoms with Gasteiger partial charge in [0.1, 0.15) is 6.04 Å². The number of carbonyl (C=O) groups is 1. The van der Waals surface area contributed by atoms with Crippen LogP contribution < -0.4 is 10.6 Å². The van der Waals surface area contributed by atoms with Gasteiger partial charge in [0.05, 0.1) is 5.69 Å². The van der Waals surface area contributed by atoms with E-state index in [4.69, 9.17) is 0 Å². The van der Waals surface area contributed by atoms with Crippen molar-refractivity contribution in [3.8, 4) is 0 Å². The van der Waals surface area contributed by atoms with Crippen LogP contribution in [0.3, 0.4) is 0 Å². The van der Waals surface area contributed by atoms with Gasteiger partial charge in [0.25, 0.3) is 0 Å². The van der Waals surface area contributed by atoms with Crippen molar-refractivity contribution in [3.63, 3.8) is 0 Å². The number of aromatic nitrogens is 1. The van der Waals surface area contributed by atoms with E-state index in [0.29, 0.717) is 5.13 Å². The molecule has 1 atom stereocenters. The molecule has 1 amide bonds. The van der Waals surface area contributed by atoms with Gasteiger partial charge in [-0.15, -0.1) is 11.3 Å². The molecule has 0 aliphatic heterocycles. The van der Waals surface area contributed by atoms with E-state index in [1.54, 1.807) is 0 Å². The Morgan fingerprint density at radius 2 is 1.95 bits per heavy atom. The topological polar surface area (TPSA) is 54.0 Å². The minimum atomic E-state index is -0.324. The molecule has 0 fully saturated rings. The standard InChI is InChI=1S/C16H21N3OS/c1-9-7-6-8-14(10(9)2)17-12(4)15(20)19-16-18-11(3)13(5)21-16/h6-8,12,17H,1-5H3,(H,18,19,20)/t12-/m1/s1. The third-order valence-corrected chi connectivity index (χ3v) is 4.62. The molecule has 5 heteroatoms. The molecule has 21 heavy (non-hydrogen) atoms. The Kier molecular flexibility index (Phi) is 4.63. The lowest BCUT2D eigenvalue weighted by atomic mass is 10.1. The number of nitrogens with one attached hydrogen (secondary N) is 2. The van der Waals surface area contributed by atoms with Crippen LogP contribution in [0.25, 0.3) is 0 Å². The van der Waals surface area contributed by atoms with Crippen molar-refractivity contribution < 1.29 is 4.79 Å². The molecule has 0 radical (unpaired) electrons. The summed E-state index contributed by atoms with van der Waals surface area (Å²) in [5, 5.41) is 6.78. The van der Waals surface area contributed by atoms with Crippen molar-refractivity contribution in [3.05, 3.63) is 39.9 Å². The van der Waals surface area contributed by atoms with Gasteiger partial charge in [-0.25, -0.2) is 4.98 Å². The predicted octanol–water partition coefficient (Wildman–Crippen LogP) is 3.82. The number of amides is 1. The van der Waals surface area contributed by atoms with Crippen LogP contribution in [0.1, 0.15) is 28.6 Å². The van der Waals surface area contributed by atoms with Gasteiger partial charge in [-0.2, -0.15) is 0 Å². The van der Waals surface area contributed by atoms with Crippen LogP contribution in [-0.4, -0.2) is 16.9 Å². The van der Waals surface area contributed by atoms with Gasteiger partial charge in [0.15, 0.2) is 5.13 Å². The fourth-order valence-corrected chi connectivity index (χ4v) is 2.76. The molecule has 0 unspecified atom stereocenters. The quantitative estimate of drug-likeness (QED) is 0.903. The lowest BCUT2D eigenvalue weighted by molar-refractivity contribution is -0.116. The summed E-state index contributed by atoms with van der Waals surface area (Å²) < 4.78 is 0. The van der Waals surface area contributed by atoms with Crippen LogP contribution in [0.5, 0.6) is 0 Å². The van der Waals surface area contributed by atoms with E-state index in [9.17, 15) is 4.79 Å². The highest BCUT2D eigenvalue weighted by atomic mass is 32.1. The van der Waals surface area contributed by atoms with Crippen LogP contribution in [0.15, 0.2) is 18.2 Å². The van der Waals surface area contributed by atoms with Crippen molar-refractivity contribution in [1.29, 1.82) is 0 Å². The van der Waals surface area contributed by atoms with E-state index in [-0.39, 0.29) is 11.9 Å². The van der Waals surface area contributed by atoms with Crippen LogP contribution in [-0.2, 0) is 4.79 Å². The van der Waals surface area contributed by atoms with Crippen LogP contribution >= 0.6 is 11.3 Å². The molecule has 0 aliphatic carbocycles. The average Bonchev–Trinajstić information content (AvgIpc) is 2.73. The van der Waals surface area contributed by atoms with Gasteiger partial charge in [-0.3, -0.25) is 4.79 Å². The fourth-order valence-electron chi connectivity index (χ4n) is 1.95. The Bertz CT molecular complexity index is 644. The third-order valence-electron chi connectivity index (χ3n) is 3.63. The number of benzene rings is 1. The van der Waals surface area contributed by atoms with Crippen LogP contribution in [0, 0.1) is 27.7 Å². The zero-order valence-electron chi connectivity index (χ0n) is 13.1. The molecule has 0 saturated carbocycles. The Balaban J connectivity index is 2.04. The monoisotopic (exact) mass is 303 g/mol. The molecule has 1 heterocycles. The second-order valence-corrected chi connectivity index (χ2v) is 6.47. The highest BCUT2D eigenvalue weighted by Crippen LogP contribution is 2.22. The molecule has 4 nitrogen and oxygen atoms in total. The number of hydrogen-bond donors (Lipinski definition) is 2. The van der Waals surface area contributed by atoms with E-state index in [1.807, 2.05) is 32.9 Å². The molecule has 2 N–H and O–H groups in total. The molecule has 2 rings (SSSR count). The predicted molar refractivity (Wildman–Crippen MR) is 89.2 cm³/mol. The molecule has 0 bridgehead atoms. The molecule has 1 aromatic carbocycles. The number of hydrogen-bond acceptors (Lipinski definition) is 4. The molecular formula is C16H21N3OS. The summed E-state index contributed by atoms with van der Waals surface area (Å²) in [6, 6.07) is 5.72. The summed E-state index contributed by atoms with van der Waals surface area (Å²) in [6.07, 6.45) is 0. The third kappa shape index (κ3) is 3.61. The van der Waals surface area contributed by atoms with Crippen molar-refractivity contribution in [2.45, 2.75) is 40.7 Å². The number of carbonyl (C=O) groups excluding carboxylic acids is 1. The summed E-state index contributed by atoms with van der Waals surface area (Å²) in [6.45, 7) is 9.91. The van der Waals surface area contributed by atoms with E-state index in [0.717, 1.165) is 21.8 Å². The van der Waals surface area contributed by atoms with E-state index in [2.05, 4.69) is 35.5 Å². The molecule has 1 aromatic heterocycles. The second kappa shape index (κ2) is 6.26. The first-order valence-corrected chi connectivity index (χ1v) is 7.77. The number of rotatable bonds is 4. The van der Waals surface area contributed by atoms with Crippen molar-refractivity contribution in [2.24, 2.45) is 0 Å². The SMILES string of the molecule is Cc1cccc(N[C@H](C)C(=O)Nc2nc(C)c(C)s2)c1C. The summed E-state index contributed by atoms with van der Waals surface area (Å²) in [7, 11) is 0. The minimum absolute atomic E-state index is 0.0790. The van der Waals surface area contributed by atoms with Gasteiger partial charge in [-0.1, -0.05) is 12.1 Å². The lowest BCUT2D eigenvalue weighted by Gasteiger charge is -2.17.